The Morgan fingerprint density at radius 1 is 0.857 bits per heavy atom. The number of halogens is 3. The molecule has 0 aromatic carbocycles. The number of ether oxygens (including phenoxy) is 1. The number of hydrogen-bond acceptors (Lipinski definition) is 6. The largest absolute Gasteiger partial charge is 0.465 e. The highest BCUT2D eigenvalue weighted by molar-refractivity contribution is 6.93. The second-order valence-electron chi connectivity index (χ2n) is 8.81. The van der Waals surface area contributed by atoms with Crippen LogP contribution in [-0.4, -0.2) is 53.0 Å². The molecule has 0 saturated carbocycles. The maximum atomic E-state index is 13.2. The fraction of sp³-hybridized carbons (Fsp3) is 0.933. The summed E-state index contributed by atoms with van der Waals surface area (Å²) >= 11 is 0. The molecule has 1 aliphatic rings. The average Bonchev–Trinajstić information content (AvgIpc) is 2.38. The lowest BCUT2D eigenvalue weighted by Gasteiger charge is -2.47. The van der Waals surface area contributed by atoms with Crippen LogP contribution < -0.4 is 0 Å². The predicted molar refractivity (Wildman–Crippen MR) is 109 cm³/mol. The summed E-state index contributed by atoms with van der Waals surface area (Å²) < 4.78 is 69.7. The van der Waals surface area contributed by atoms with Crippen LogP contribution in [0.25, 0.3) is 0 Å². The first kappa shape index (κ1) is 26.0. The first-order valence-corrected chi connectivity index (χ1v) is 20.3. The van der Waals surface area contributed by atoms with Gasteiger partial charge in [-0.25, -0.2) is 0 Å². The first-order chi connectivity index (χ1) is 12.3. The summed E-state index contributed by atoms with van der Waals surface area (Å²) in [7, 11) is -10.5. The summed E-state index contributed by atoms with van der Waals surface area (Å²) in [5.74, 6) is -1.28. The second kappa shape index (κ2) is 8.24. The van der Waals surface area contributed by atoms with Crippen LogP contribution in [0.2, 0.25) is 51.9 Å². The minimum atomic E-state index is -4.67. The van der Waals surface area contributed by atoms with Crippen molar-refractivity contribution >= 4 is 40.2 Å². The molecule has 1 saturated heterocycles. The number of carbonyl (C=O) groups excluding carboxylic acids is 1. The molecule has 1 heterocycles. The van der Waals surface area contributed by atoms with E-state index in [2.05, 4.69) is 0 Å². The minimum Gasteiger partial charge on any atom is -0.465 e. The summed E-state index contributed by atoms with van der Waals surface area (Å²) in [6.07, 6.45) is -5.06. The molecule has 0 bridgehead atoms. The van der Waals surface area contributed by atoms with Crippen LogP contribution in [0.15, 0.2) is 0 Å². The topological polar surface area (TPSA) is 63.2 Å². The van der Waals surface area contributed by atoms with Crippen LogP contribution >= 0.6 is 0 Å². The van der Waals surface area contributed by atoms with Gasteiger partial charge in [0, 0.05) is 6.04 Å². The normalized spacial score (nSPS) is 25.9. The average molecular weight is 479 g/mol. The molecule has 6 nitrogen and oxygen atoms in total. The zero-order chi connectivity index (χ0) is 22.2. The number of alkyl halides is 3. The summed E-state index contributed by atoms with van der Waals surface area (Å²) in [6, 6.07) is 0.206. The Balaban J connectivity index is 2.90. The third-order valence-corrected chi connectivity index (χ3v) is 20.8. The van der Waals surface area contributed by atoms with Crippen LogP contribution in [0.4, 0.5) is 13.2 Å². The van der Waals surface area contributed by atoms with Gasteiger partial charge in [0.15, 0.2) is 5.41 Å². The SMILES string of the molecule is CCC(C)(C(=O)OCC[Si]1(C)O[Si](C)(C)O[Si](C)(C)O[Si](C)(C)O1)C(F)(F)F. The third-order valence-electron chi connectivity index (χ3n) is 4.48. The van der Waals surface area contributed by atoms with Crippen LogP contribution in [0.5, 0.6) is 0 Å². The minimum absolute atomic E-state index is 0.205. The molecular formula is C15H33F3O6Si4. The fourth-order valence-electron chi connectivity index (χ4n) is 3.36. The first-order valence-electron chi connectivity index (χ1n) is 9.31. The molecule has 0 spiro atoms. The maximum absolute atomic E-state index is 13.2. The van der Waals surface area contributed by atoms with Crippen molar-refractivity contribution in [3.05, 3.63) is 0 Å². The molecule has 1 rings (SSSR count). The van der Waals surface area contributed by atoms with Crippen LogP contribution in [0, 0.1) is 5.41 Å². The standard InChI is InChI=1S/C15H33F3O6Si4/c1-10-14(2,15(16,17)18)13(19)20-11-12-28(9)23-26(5,6)21-25(3,4)22-27(7,8)24-28/h10-12H2,1-9H3. The summed E-state index contributed by atoms with van der Waals surface area (Å²) in [5.41, 5.74) is -2.53. The van der Waals surface area contributed by atoms with Gasteiger partial charge in [-0.15, -0.1) is 0 Å². The highest BCUT2D eigenvalue weighted by atomic mass is 28.5. The lowest BCUT2D eigenvalue weighted by Crippen LogP contribution is -2.65. The van der Waals surface area contributed by atoms with Crippen LogP contribution in [-0.2, 0) is 26.0 Å². The van der Waals surface area contributed by atoms with E-state index in [0.29, 0.717) is 0 Å². The molecule has 0 N–H and O–H groups in total. The summed E-state index contributed by atoms with van der Waals surface area (Å²) in [6.45, 7) is 15.2. The number of esters is 1. The lowest BCUT2D eigenvalue weighted by atomic mass is 9.87. The van der Waals surface area contributed by atoms with Crippen molar-refractivity contribution in [2.24, 2.45) is 5.41 Å². The Hall–Kier alpha value is -0.0325. The maximum Gasteiger partial charge on any atom is 0.404 e. The van der Waals surface area contributed by atoms with Gasteiger partial charge in [0.2, 0.25) is 0 Å². The van der Waals surface area contributed by atoms with E-state index in [4.69, 9.17) is 21.2 Å². The molecule has 1 atom stereocenters. The van der Waals surface area contributed by atoms with Crippen molar-refractivity contribution in [1.29, 1.82) is 0 Å². The van der Waals surface area contributed by atoms with Crippen molar-refractivity contribution in [2.45, 2.75) is 78.3 Å². The molecule has 0 aromatic heterocycles. The molecule has 1 unspecified atom stereocenters. The number of hydrogen-bond donors (Lipinski definition) is 0. The van der Waals surface area contributed by atoms with Crippen molar-refractivity contribution in [3.8, 4) is 0 Å². The van der Waals surface area contributed by atoms with Gasteiger partial charge in [-0.2, -0.15) is 13.2 Å². The van der Waals surface area contributed by atoms with Gasteiger partial charge in [0.1, 0.15) is 0 Å². The molecule has 0 aromatic rings. The van der Waals surface area contributed by atoms with Crippen molar-refractivity contribution in [2.75, 3.05) is 6.61 Å². The molecule has 0 amide bonds. The number of rotatable bonds is 5. The Bertz CT molecular complexity index is 563. The van der Waals surface area contributed by atoms with Crippen molar-refractivity contribution in [1.82, 2.24) is 0 Å². The van der Waals surface area contributed by atoms with Crippen molar-refractivity contribution < 1.29 is 39.2 Å². The number of carbonyl (C=O) groups is 1. The highest BCUT2D eigenvalue weighted by Crippen LogP contribution is 2.42. The second-order valence-corrected chi connectivity index (χ2v) is 23.2. The molecule has 13 heteroatoms. The molecule has 0 aliphatic carbocycles. The van der Waals surface area contributed by atoms with E-state index in [-0.39, 0.29) is 12.7 Å². The zero-order valence-corrected chi connectivity index (χ0v) is 22.2. The summed E-state index contributed by atoms with van der Waals surface area (Å²) in [4.78, 5) is 12.1. The quantitative estimate of drug-likeness (QED) is 0.419. The fourth-order valence-corrected chi connectivity index (χ4v) is 24.6. The Labute approximate surface area is 170 Å². The van der Waals surface area contributed by atoms with E-state index in [1.54, 1.807) is 0 Å². The van der Waals surface area contributed by atoms with E-state index in [1.807, 2.05) is 45.8 Å². The highest BCUT2D eigenvalue weighted by Gasteiger charge is 2.57. The smallest absolute Gasteiger partial charge is 0.404 e. The molecule has 28 heavy (non-hydrogen) atoms. The Morgan fingerprint density at radius 3 is 1.61 bits per heavy atom. The van der Waals surface area contributed by atoms with E-state index in [0.717, 1.165) is 6.92 Å². The van der Waals surface area contributed by atoms with Gasteiger partial charge in [0.25, 0.3) is 0 Å². The monoisotopic (exact) mass is 478 g/mol. The van der Waals surface area contributed by atoms with Gasteiger partial charge in [-0.3, -0.25) is 4.79 Å². The third kappa shape index (κ3) is 6.75. The van der Waals surface area contributed by atoms with E-state index >= 15 is 0 Å². The molecule has 1 aliphatic heterocycles. The van der Waals surface area contributed by atoms with Gasteiger partial charge >= 0.3 is 46.4 Å². The van der Waals surface area contributed by atoms with Gasteiger partial charge in [0.05, 0.1) is 6.61 Å². The van der Waals surface area contributed by atoms with E-state index in [1.165, 1.54) is 6.92 Å². The van der Waals surface area contributed by atoms with Crippen LogP contribution in [0.1, 0.15) is 20.3 Å². The van der Waals surface area contributed by atoms with Gasteiger partial charge in [-0.05, 0) is 59.2 Å². The van der Waals surface area contributed by atoms with Gasteiger partial charge in [-0.1, -0.05) is 6.92 Å². The van der Waals surface area contributed by atoms with Crippen molar-refractivity contribution in [3.63, 3.8) is 0 Å². The predicted octanol–water partition coefficient (Wildman–Crippen LogP) is 4.77. The Kier molecular flexibility index (Phi) is 7.66. The van der Waals surface area contributed by atoms with E-state index < -0.39 is 58.2 Å². The lowest BCUT2D eigenvalue weighted by molar-refractivity contribution is -0.230. The van der Waals surface area contributed by atoms with Gasteiger partial charge < -0.3 is 21.2 Å². The molecule has 1 fully saturated rings. The van der Waals surface area contributed by atoms with E-state index in [9.17, 15) is 18.0 Å². The van der Waals surface area contributed by atoms with Crippen LogP contribution in [0.3, 0.4) is 0 Å². The molecule has 0 radical (unpaired) electrons. The Morgan fingerprint density at radius 2 is 1.25 bits per heavy atom. The summed E-state index contributed by atoms with van der Waals surface area (Å²) in [5, 5.41) is 0. The molecular weight excluding hydrogens is 445 g/mol. The zero-order valence-electron chi connectivity index (χ0n) is 18.2. The molecule has 166 valence electrons.